The van der Waals surface area contributed by atoms with Gasteiger partial charge in [-0.15, -0.1) is 0 Å². The van der Waals surface area contributed by atoms with E-state index in [0.717, 1.165) is 10.5 Å². The molecule has 0 bridgehead atoms. The number of benzene rings is 1. The lowest BCUT2D eigenvalue weighted by Gasteiger charge is -2.15. The number of rotatable bonds is 4. The average Bonchev–Trinajstić information content (AvgIpc) is 2.81. The van der Waals surface area contributed by atoms with Crippen LogP contribution in [-0.4, -0.2) is 41.1 Å². The minimum Gasteiger partial charge on any atom is -0.465 e. The fourth-order valence-electron chi connectivity index (χ4n) is 2.08. The molecule has 0 aromatic heterocycles. The predicted molar refractivity (Wildman–Crippen MR) is 64.2 cm³/mol. The minimum absolute atomic E-state index is 0.212. The van der Waals surface area contributed by atoms with Gasteiger partial charge in [-0.1, -0.05) is 30.3 Å². The van der Waals surface area contributed by atoms with E-state index >= 15 is 0 Å². The summed E-state index contributed by atoms with van der Waals surface area (Å²) >= 11 is 0. The molecule has 1 N–H and O–H groups in total. The summed E-state index contributed by atoms with van der Waals surface area (Å²) < 4.78 is 5.64. The Balaban J connectivity index is 1.88. The van der Waals surface area contributed by atoms with Crippen LogP contribution in [0.1, 0.15) is 12.0 Å². The maximum absolute atomic E-state index is 10.9. The van der Waals surface area contributed by atoms with Crippen molar-refractivity contribution < 1.29 is 19.4 Å². The SMILES string of the molecule is O=C[C@@H]1C[C@@H](OCc2ccccc2)CN1C(=O)O. The van der Waals surface area contributed by atoms with E-state index in [-0.39, 0.29) is 12.6 Å². The summed E-state index contributed by atoms with van der Waals surface area (Å²) in [5, 5.41) is 8.93. The van der Waals surface area contributed by atoms with Gasteiger partial charge in [-0.2, -0.15) is 0 Å². The van der Waals surface area contributed by atoms with E-state index < -0.39 is 12.1 Å². The zero-order valence-corrected chi connectivity index (χ0v) is 9.86. The van der Waals surface area contributed by atoms with E-state index in [1.165, 1.54) is 0 Å². The normalized spacial score (nSPS) is 23.0. The smallest absolute Gasteiger partial charge is 0.407 e. The molecule has 1 aliphatic rings. The Morgan fingerprint density at radius 2 is 2.17 bits per heavy atom. The summed E-state index contributed by atoms with van der Waals surface area (Å²) in [7, 11) is 0. The average molecular weight is 249 g/mol. The highest BCUT2D eigenvalue weighted by atomic mass is 16.5. The summed E-state index contributed by atoms with van der Waals surface area (Å²) in [4.78, 5) is 22.8. The van der Waals surface area contributed by atoms with E-state index in [9.17, 15) is 9.59 Å². The Morgan fingerprint density at radius 3 is 2.72 bits per heavy atom. The third kappa shape index (κ3) is 2.87. The quantitative estimate of drug-likeness (QED) is 0.822. The number of aldehydes is 1. The van der Waals surface area contributed by atoms with Gasteiger partial charge < -0.3 is 14.6 Å². The molecule has 1 saturated heterocycles. The van der Waals surface area contributed by atoms with Crippen LogP contribution in [0.15, 0.2) is 30.3 Å². The molecule has 18 heavy (non-hydrogen) atoms. The van der Waals surface area contributed by atoms with Gasteiger partial charge in [-0.25, -0.2) is 4.79 Å². The number of ether oxygens (including phenoxy) is 1. The Bertz CT molecular complexity index is 420. The summed E-state index contributed by atoms with van der Waals surface area (Å²) in [6.45, 7) is 0.691. The molecule has 1 aromatic carbocycles. The van der Waals surface area contributed by atoms with E-state index in [1.807, 2.05) is 30.3 Å². The molecule has 1 fully saturated rings. The van der Waals surface area contributed by atoms with Crippen molar-refractivity contribution in [3.05, 3.63) is 35.9 Å². The minimum atomic E-state index is -1.07. The summed E-state index contributed by atoms with van der Waals surface area (Å²) in [5.41, 5.74) is 1.04. The number of carboxylic acid groups (broad SMARTS) is 1. The molecular formula is C13H15NO4. The number of hydrogen-bond donors (Lipinski definition) is 1. The highest BCUT2D eigenvalue weighted by Crippen LogP contribution is 2.20. The maximum Gasteiger partial charge on any atom is 0.407 e. The second-order valence-corrected chi connectivity index (χ2v) is 4.29. The van der Waals surface area contributed by atoms with Gasteiger partial charge in [-0.05, 0) is 5.56 Å². The van der Waals surface area contributed by atoms with Gasteiger partial charge >= 0.3 is 6.09 Å². The first-order valence-electron chi connectivity index (χ1n) is 5.81. The van der Waals surface area contributed by atoms with Gasteiger partial charge in [0.1, 0.15) is 6.29 Å². The van der Waals surface area contributed by atoms with Crippen LogP contribution < -0.4 is 0 Å². The molecule has 5 nitrogen and oxygen atoms in total. The monoisotopic (exact) mass is 249 g/mol. The standard InChI is InChI=1S/C13H15NO4/c15-8-11-6-12(7-14(11)13(16)17)18-9-10-4-2-1-3-5-10/h1-5,8,11-12H,6-7,9H2,(H,16,17)/t11-,12+/m0/s1. The molecule has 5 heteroatoms. The van der Waals surface area contributed by atoms with E-state index in [2.05, 4.69) is 0 Å². The first-order chi connectivity index (χ1) is 8.70. The molecule has 1 aromatic rings. The summed E-state index contributed by atoms with van der Waals surface area (Å²) in [6.07, 6.45) is -0.183. The van der Waals surface area contributed by atoms with Crippen LogP contribution in [0.3, 0.4) is 0 Å². The number of hydrogen-bond acceptors (Lipinski definition) is 3. The molecule has 96 valence electrons. The lowest BCUT2D eigenvalue weighted by atomic mass is 10.2. The number of likely N-dealkylation sites (tertiary alicyclic amines) is 1. The topological polar surface area (TPSA) is 66.8 Å². The first kappa shape index (κ1) is 12.6. The zero-order chi connectivity index (χ0) is 13.0. The second-order valence-electron chi connectivity index (χ2n) is 4.29. The van der Waals surface area contributed by atoms with Gasteiger partial charge in [0.2, 0.25) is 0 Å². The second kappa shape index (κ2) is 5.64. The van der Waals surface area contributed by atoms with Crippen LogP contribution in [0.25, 0.3) is 0 Å². The fourth-order valence-corrected chi connectivity index (χ4v) is 2.08. The Hall–Kier alpha value is -1.88. The van der Waals surface area contributed by atoms with E-state index in [4.69, 9.17) is 9.84 Å². The lowest BCUT2D eigenvalue weighted by Crippen LogP contribution is -2.35. The Labute approximate surface area is 105 Å². The molecule has 1 aliphatic heterocycles. The number of amides is 1. The first-order valence-corrected chi connectivity index (χ1v) is 5.81. The van der Waals surface area contributed by atoms with Crippen molar-refractivity contribution in [2.75, 3.05) is 6.54 Å². The zero-order valence-electron chi connectivity index (χ0n) is 9.86. The molecule has 0 aliphatic carbocycles. The molecule has 0 radical (unpaired) electrons. The number of nitrogens with zero attached hydrogens (tertiary/aromatic N) is 1. The van der Waals surface area contributed by atoms with Crippen LogP contribution >= 0.6 is 0 Å². The molecule has 1 heterocycles. The van der Waals surface area contributed by atoms with Crippen molar-refractivity contribution >= 4 is 12.4 Å². The summed E-state index contributed by atoms with van der Waals surface area (Å²) in [5.74, 6) is 0. The van der Waals surface area contributed by atoms with Crippen LogP contribution in [0.2, 0.25) is 0 Å². The number of carbonyl (C=O) groups is 2. The Morgan fingerprint density at radius 1 is 1.44 bits per heavy atom. The molecular weight excluding hydrogens is 234 g/mol. The van der Waals surface area contributed by atoms with Gasteiger partial charge in [0.15, 0.2) is 0 Å². The molecule has 2 atom stereocenters. The van der Waals surface area contributed by atoms with Crippen LogP contribution in [0, 0.1) is 0 Å². The fraction of sp³-hybridized carbons (Fsp3) is 0.385. The molecule has 0 spiro atoms. The van der Waals surface area contributed by atoms with E-state index in [0.29, 0.717) is 19.3 Å². The number of carbonyl (C=O) groups excluding carboxylic acids is 1. The van der Waals surface area contributed by atoms with Gasteiger partial charge in [-0.3, -0.25) is 4.90 Å². The molecule has 0 saturated carbocycles. The van der Waals surface area contributed by atoms with Crippen molar-refractivity contribution in [2.45, 2.75) is 25.2 Å². The lowest BCUT2D eigenvalue weighted by molar-refractivity contribution is -0.111. The molecule has 2 rings (SSSR count). The highest BCUT2D eigenvalue weighted by molar-refractivity contribution is 5.72. The van der Waals surface area contributed by atoms with Crippen molar-refractivity contribution in [3.63, 3.8) is 0 Å². The third-order valence-electron chi connectivity index (χ3n) is 3.04. The largest absolute Gasteiger partial charge is 0.465 e. The third-order valence-corrected chi connectivity index (χ3v) is 3.04. The highest BCUT2D eigenvalue weighted by Gasteiger charge is 2.35. The van der Waals surface area contributed by atoms with Crippen molar-refractivity contribution in [1.82, 2.24) is 4.90 Å². The van der Waals surface area contributed by atoms with Gasteiger partial charge in [0, 0.05) is 6.42 Å². The van der Waals surface area contributed by atoms with Crippen LogP contribution in [0.4, 0.5) is 4.79 Å². The Kier molecular flexibility index (Phi) is 3.94. The van der Waals surface area contributed by atoms with Gasteiger partial charge in [0.05, 0.1) is 25.3 Å². The van der Waals surface area contributed by atoms with Crippen LogP contribution in [-0.2, 0) is 16.1 Å². The summed E-state index contributed by atoms with van der Waals surface area (Å²) in [6, 6.07) is 9.08. The maximum atomic E-state index is 10.9. The molecule has 0 unspecified atom stereocenters. The van der Waals surface area contributed by atoms with Crippen molar-refractivity contribution in [3.8, 4) is 0 Å². The van der Waals surface area contributed by atoms with Crippen molar-refractivity contribution in [1.29, 1.82) is 0 Å². The predicted octanol–water partition coefficient (Wildman–Crippen LogP) is 1.52. The van der Waals surface area contributed by atoms with Crippen LogP contribution in [0.5, 0.6) is 0 Å². The molecule has 1 amide bonds. The van der Waals surface area contributed by atoms with Crippen molar-refractivity contribution in [2.24, 2.45) is 0 Å². The van der Waals surface area contributed by atoms with Gasteiger partial charge in [0.25, 0.3) is 0 Å². The van der Waals surface area contributed by atoms with E-state index in [1.54, 1.807) is 0 Å².